The lowest BCUT2D eigenvalue weighted by atomic mass is 9.87. The predicted molar refractivity (Wildman–Crippen MR) is 148 cm³/mol. The molecule has 44 heavy (non-hydrogen) atoms. The number of ketones is 2. The molecule has 0 unspecified atom stereocenters. The van der Waals surface area contributed by atoms with Gasteiger partial charge in [0, 0.05) is 28.8 Å². The molecule has 3 aromatic rings. The van der Waals surface area contributed by atoms with Gasteiger partial charge >= 0.3 is 18.2 Å². The molecule has 3 aromatic carbocycles. The van der Waals surface area contributed by atoms with Gasteiger partial charge < -0.3 is 19.9 Å². The van der Waals surface area contributed by atoms with Crippen LogP contribution >= 0.6 is 0 Å². The monoisotopic (exact) mass is 611 g/mol. The molecule has 0 bridgehead atoms. The van der Waals surface area contributed by atoms with E-state index in [4.69, 9.17) is 5.11 Å². The van der Waals surface area contributed by atoms with Crippen molar-refractivity contribution < 1.29 is 51.3 Å². The van der Waals surface area contributed by atoms with Crippen molar-refractivity contribution in [3.63, 3.8) is 0 Å². The fourth-order valence-electron chi connectivity index (χ4n) is 4.93. The first-order valence-electron chi connectivity index (χ1n) is 13.7. The molecule has 1 aliphatic heterocycles. The molecule has 1 heterocycles. The van der Waals surface area contributed by atoms with Crippen LogP contribution in [0, 0.1) is 0 Å². The number of halogens is 4. The van der Waals surface area contributed by atoms with E-state index in [9.17, 15) is 36.7 Å². The third-order valence-electron chi connectivity index (χ3n) is 7.26. The van der Waals surface area contributed by atoms with Gasteiger partial charge in [-0.1, -0.05) is 30.3 Å². The van der Waals surface area contributed by atoms with Gasteiger partial charge in [-0.2, -0.15) is 17.6 Å². The maximum atomic E-state index is 13.8. The first-order valence-corrected chi connectivity index (χ1v) is 13.7. The third-order valence-corrected chi connectivity index (χ3v) is 7.26. The maximum absolute atomic E-state index is 13.8. The van der Waals surface area contributed by atoms with Crippen molar-refractivity contribution in [2.24, 2.45) is 0 Å². The molecule has 0 aromatic heterocycles. The summed E-state index contributed by atoms with van der Waals surface area (Å²) < 4.78 is 62.8. The number of carbonyl (C=O) groups excluding carboxylic acids is 3. The standard InChI is InChI=1S/C32H25F4NO7/c33-31(34)32(35,36)44-27-16-23(11-12-26(27)43-31)25(38)17-24(22-10-5-18-3-1-2-4-21(18)15-22)29(41)19-6-8-20(9-7-19)30(42)37-14-13-28(39)40/h5-12,15-17H,1-4,13-14H2,(H,37,42)(H,39,40). The van der Waals surface area contributed by atoms with Gasteiger partial charge in [-0.25, -0.2) is 0 Å². The molecule has 1 aliphatic carbocycles. The number of benzene rings is 3. The van der Waals surface area contributed by atoms with Crippen LogP contribution < -0.4 is 14.8 Å². The fraction of sp³-hybridized carbons (Fsp3) is 0.250. The van der Waals surface area contributed by atoms with E-state index < -0.39 is 47.2 Å². The highest BCUT2D eigenvalue weighted by Gasteiger charge is 2.66. The molecule has 228 valence electrons. The molecule has 0 spiro atoms. The first-order chi connectivity index (χ1) is 20.8. The number of hydrogen-bond donors (Lipinski definition) is 2. The fourth-order valence-corrected chi connectivity index (χ4v) is 4.93. The zero-order valence-electron chi connectivity index (χ0n) is 23.0. The number of carboxylic acid groups (broad SMARTS) is 1. The highest BCUT2D eigenvalue weighted by atomic mass is 19.3. The highest BCUT2D eigenvalue weighted by Crippen LogP contribution is 2.47. The summed E-state index contributed by atoms with van der Waals surface area (Å²) in [6.45, 7) is -0.0812. The Balaban J connectivity index is 1.47. The number of aryl methyl sites for hydroxylation is 2. The minimum Gasteiger partial charge on any atom is -0.481 e. The second-order valence-electron chi connectivity index (χ2n) is 10.3. The number of Topliss-reactive ketones (excluding diaryl/α,β-unsaturated/α-hetero) is 1. The third kappa shape index (κ3) is 6.34. The van der Waals surface area contributed by atoms with E-state index in [1.165, 1.54) is 24.3 Å². The summed E-state index contributed by atoms with van der Waals surface area (Å²) in [7, 11) is 0. The predicted octanol–water partition coefficient (Wildman–Crippen LogP) is 5.88. The first kappa shape index (κ1) is 30.5. The lowest BCUT2D eigenvalue weighted by molar-refractivity contribution is -0.391. The van der Waals surface area contributed by atoms with Crippen molar-refractivity contribution in [1.29, 1.82) is 0 Å². The van der Waals surface area contributed by atoms with Gasteiger partial charge in [0.05, 0.1) is 6.42 Å². The quantitative estimate of drug-likeness (QED) is 0.176. The summed E-state index contributed by atoms with van der Waals surface area (Å²) in [6, 6.07) is 13.8. The average molecular weight is 612 g/mol. The lowest BCUT2D eigenvalue weighted by Gasteiger charge is -2.31. The second-order valence-corrected chi connectivity index (χ2v) is 10.3. The van der Waals surface area contributed by atoms with Gasteiger partial charge in [-0.05, 0) is 78.8 Å². The van der Waals surface area contributed by atoms with Crippen LogP contribution in [0.25, 0.3) is 5.57 Å². The number of carbonyl (C=O) groups is 4. The molecule has 0 atom stereocenters. The number of rotatable bonds is 9. The number of nitrogens with one attached hydrogen (secondary N) is 1. The summed E-state index contributed by atoms with van der Waals surface area (Å²) in [5, 5.41) is 11.2. The highest BCUT2D eigenvalue weighted by molar-refractivity contribution is 6.32. The Morgan fingerprint density at radius 1 is 0.750 bits per heavy atom. The summed E-state index contributed by atoms with van der Waals surface area (Å²) >= 11 is 0. The van der Waals surface area contributed by atoms with Gasteiger partial charge in [0.1, 0.15) is 0 Å². The largest absolute Gasteiger partial charge is 0.507 e. The second kappa shape index (κ2) is 11.9. The zero-order valence-corrected chi connectivity index (χ0v) is 23.0. The number of fused-ring (bicyclic) bond motifs is 2. The molecule has 0 saturated carbocycles. The van der Waals surface area contributed by atoms with Crippen LogP contribution in [0.3, 0.4) is 0 Å². The van der Waals surface area contributed by atoms with Crippen molar-refractivity contribution in [3.05, 3.63) is 100 Å². The van der Waals surface area contributed by atoms with E-state index in [2.05, 4.69) is 14.8 Å². The molecule has 0 fully saturated rings. The van der Waals surface area contributed by atoms with Crippen LogP contribution in [0.2, 0.25) is 0 Å². The van der Waals surface area contributed by atoms with Crippen LogP contribution in [0.5, 0.6) is 11.5 Å². The molecule has 5 rings (SSSR count). The van der Waals surface area contributed by atoms with Gasteiger partial charge in [0.25, 0.3) is 5.91 Å². The van der Waals surface area contributed by atoms with E-state index in [0.29, 0.717) is 5.56 Å². The van der Waals surface area contributed by atoms with Crippen LogP contribution in [0.1, 0.15) is 67.0 Å². The number of alkyl halides is 4. The van der Waals surface area contributed by atoms with E-state index in [0.717, 1.165) is 61.1 Å². The molecule has 8 nitrogen and oxygen atoms in total. The van der Waals surface area contributed by atoms with Gasteiger partial charge in [0.2, 0.25) is 0 Å². The number of hydrogen-bond acceptors (Lipinski definition) is 6. The van der Waals surface area contributed by atoms with E-state index >= 15 is 0 Å². The van der Waals surface area contributed by atoms with Crippen molar-refractivity contribution in [2.45, 2.75) is 44.3 Å². The van der Waals surface area contributed by atoms with Crippen molar-refractivity contribution in [2.75, 3.05) is 6.54 Å². The molecule has 1 amide bonds. The van der Waals surface area contributed by atoms with Crippen molar-refractivity contribution in [3.8, 4) is 11.5 Å². The molecule has 0 radical (unpaired) electrons. The summed E-state index contributed by atoms with van der Waals surface area (Å²) in [5.74, 6) is -4.41. The number of aliphatic carboxylic acids is 1. The Hall–Kier alpha value is -5.00. The maximum Gasteiger partial charge on any atom is 0.507 e. The summed E-state index contributed by atoms with van der Waals surface area (Å²) in [4.78, 5) is 50.2. The number of allylic oxidation sites excluding steroid dienone is 2. The van der Waals surface area contributed by atoms with E-state index in [1.54, 1.807) is 6.07 Å². The van der Waals surface area contributed by atoms with E-state index in [1.807, 2.05) is 12.1 Å². The summed E-state index contributed by atoms with van der Waals surface area (Å²) in [6.07, 6.45) is -5.46. The Kier molecular flexibility index (Phi) is 8.27. The molecule has 2 aliphatic rings. The normalized spacial score (nSPS) is 16.4. The van der Waals surface area contributed by atoms with Crippen LogP contribution in [-0.2, 0) is 17.6 Å². The molecule has 2 N–H and O–H groups in total. The minimum absolute atomic E-state index is 0.0196. The topological polar surface area (TPSA) is 119 Å². The van der Waals surface area contributed by atoms with Crippen molar-refractivity contribution in [1.82, 2.24) is 5.32 Å². The Morgan fingerprint density at radius 2 is 1.34 bits per heavy atom. The van der Waals surface area contributed by atoms with E-state index in [-0.39, 0.29) is 35.2 Å². The van der Waals surface area contributed by atoms with Gasteiger partial charge in [0.15, 0.2) is 23.1 Å². The SMILES string of the molecule is O=C(O)CCNC(=O)c1ccc(C(=O)C(=CC(=O)c2ccc3c(c2)OC(F)(F)C(F)(F)O3)c2ccc3c(c2)CCCC3)cc1. The van der Waals surface area contributed by atoms with Crippen LogP contribution in [-0.4, -0.2) is 47.3 Å². The summed E-state index contributed by atoms with van der Waals surface area (Å²) in [5.41, 5.74) is 2.66. The van der Waals surface area contributed by atoms with Gasteiger partial charge in [-0.15, -0.1) is 0 Å². The minimum atomic E-state index is -4.97. The molecular weight excluding hydrogens is 586 g/mol. The Morgan fingerprint density at radius 3 is 2.02 bits per heavy atom. The molecule has 12 heteroatoms. The average Bonchev–Trinajstić information content (AvgIpc) is 2.99. The van der Waals surface area contributed by atoms with Gasteiger partial charge in [-0.3, -0.25) is 19.2 Å². The Labute approximate surface area is 248 Å². The number of carboxylic acids is 1. The number of amides is 1. The smallest absolute Gasteiger partial charge is 0.481 e. The number of ether oxygens (including phenoxy) is 2. The zero-order chi connectivity index (χ0) is 31.6. The lowest BCUT2D eigenvalue weighted by Crippen LogP contribution is -2.52. The molecular formula is C32H25F4NO7. The Bertz CT molecular complexity index is 1680. The van der Waals surface area contributed by atoms with Crippen LogP contribution in [0.15, 0.2) is 66.7 Å². The van der Waals surface area contributed by atoms with Crippen molar-refractivity contribution >= 4 is 29.0 Å². The van der Waals surface area contributed by atoms with Crippen LogP contribution in [0.4, 0.5) is 17.6 Å². The molecule has 0 saturated heterocycles.